The molecule has 0 spiro atoms. The average Bonchev–Trinajstić information content (AvgIpc) is 2.53. The first-order chi connectivity index (χ1) is 11.1. The van der Waals surface area contributed by atoms with E-state index in [4.69, 9.17) is 5.11 Å². The van der Waals surface area contributed by atoms with Gasteiger partial charge in [0, 0.05) is 19.9 Å². The number of carboxylic acid groups (broad SMARTS) is 1. The van der Waals surface area contributed by atoms with Crippen molar-refractivity contribution >= 4 is 17.8 Å². The zero-order valence-corrected chi connectivity index (χ0v) is 14.4. The number of unbranched alkanes of at least 4 members (excludes halogenated alkanes) is 9. The Morgan fingerprint density at radius 1 is 0.696 bits per heavy atom. The molecule has 2 amide bonds. The van der Waals surface area contributed by atoms with Crippen molar-refractivity contribution in [3.63, 3.8) is 0 Å². The maximum absolute atomic E-state index is 11.3. The molecule has 23 heavy (non-hydrogen) atoms. The Bertz CT molecular complexity index is 345. The molecule has 3 N–H and O–H groups in total. The molecule has 0 aromatic carbocycles. The van der Waals surface area contributed by atoms with Gasteiger partial charge in [-0.05, 0) is 12.8 Å². The highest BCUT2D eigenvalue weighted by atomic mass is 16.4. The highest BCUT2D eigenvalue weighted by molar-refractivity contribution is 5.80. The van der Waals surface area contributed by atoms with Crippen LogP contribution in [0.2, 0.25) is 0 Å². The van der Waals surface area contributed by atoms with Crippen LogP contribution in [0, 0.1) is 0 Å². The van der Waals surface area contributed by atoms with Gasteiger partial charge in [0.15, 0.2) is 0 Å². The third kappa shape index (κ3) is 16.6. The number of aliphatic carboxylic acids is 1. The fourth-order valence-corrected chi connectivity index (χ4v) is 2.37. The van der Waals surface area contributed by atoms with Gasteiger partial charge in [-0.1, -0.05) is 51.4 Å². The molecule has 0 aliphatic rings. The Balaban J connectivity index is 3.17. The average molecular weight is 328 g/mol. The van der Waals surface area contributed by atoms with Crippen LogP contribution in [-0.4, -0.2) is 36.5 Å². The molecular formula is C17H32N2O4. The van der Waals surface area contributed by atoms with Crippen molar-refractivity contribution in [2.75, 3.05) is 13.6 Å². The first-order valence-corrected chi connectivity index (χ1v) is 8.75. The monoisotopic (exact) mass is 328 g/mol. The predicted octanol–water partition coefficient (Wildman–Crippen LogP) is 2.61. The molecule has 0 rings (SSSR count). The largest absolute Gasteiger partial charge is 0.480 e. The molecular weight excluding hydrogens is 296 g/mol. The minimum atomic E-state index is -1.01. The molecule has 0 saturated heterocycles. The molecule has 6 nitrogen and oxygen atoms in total. The molecule has 6 heteroatoms. The van der Waals surface area contributed by atoms with E-state index in [0.717, 1.165) is 32.1 Å². The van der Waals surface area contributed by atoms with Crippen LogP contribution in [-0.2, 0) is 14.4 Å². The van der Waals surface area contributed by atoms with E-state index in [-0.39, 0.29) is 18.4 Å². The molecule has 0 aromatic rings. The number of amides is 2. The van der Waals surface area contributed by atoms with Gasteiger partial charge < -0.3 is 15.7 Å². The van der Waals surface area contributed by atoms with Crippen molar-refractivity contribution in [2.24, 2.45) is 0 Å². The summed E-state index contributed by atoms with van der Waals surface area (Å²) in [4.78, 5) is 32.6. The smallest absolute Gasteiger partial charge is 0.322 e. The lowest BCUT2D eigenvalue weighted by Gasteiger charge is -2.04. The van der Waals surface area contributed by atoms with E-state index >= 15 is 0 Å². The SMILES string of the molecule is CNC(=O)CCCCCCCCCCCCC(=O)NCC(=O)O. The van der Waals surface area contributed by atoms with E-state index < -0.39 is 5.97 Å². The summed E-state index contributed by atoms with van der Waals surface area (Å²) in [6.45, 7) is -0.290. The van der Waals surface area contributed by atoms with Gasteiger partial charge in [0.2, 0.25) is 11.8 Å². The second-order valence-corrected chi connectivity index (χ2v) is 5.88. The Morgan fingerprint density at radius 2 is 1.09 bits per heavy atom. The second kappa shape index (κ2) is 15.3. The van der Waals surface area contributed by atoms with E-state index in [9.17, 15) is 14.4 Å². The molecule has 0 aliphatic carbocycles. The molecule has 0 radical (unpaired) electrons. The molecule has 0 heterocycles. The minimum Gasteiger partial charge on any atom is -0.480 e. The van der Waals surface area contributed by atoms with Crippen LogP contribution in [0.3, 0.4) is 0 Å². The lowest BCUT2D eigenvalue weighted by molar-refractivity contribution is -0.138. The Hall–Kier alpha value is -1.59. The van der Waals surface area contributed by atoms with Gasteiger partial charge in [-0.15, -0.1) is 0 Å². The molecule has 0 fully saturated rings. The summed E-state index contributed by atoms with van der Waals surface area (Å²) >= 11 is 0. The second-order valence-electron chi connectivity index (χ2n) is 5.88. The zero-order chi connectivity index (χ0) is 17.3. The highest BCUT2D eigenvalue weighted by Crippen LogP contribution is 2.11. The fraction of sp³-hybridized carbons (Fsp3) is 0.824. The number of carbonyl (C=O) groups excluding carboxylic acids is 2. The lowest BCUT2D eigenvalue weighted by Crippen LogP contribution is -2.28. The third-order valence-corrected chi connectivity index (χ3v) is 3.77. The molecule has 0 atom stereocenters. The van der Waals surface area contributed by atoms with Gasteiger partial charge >= 0.3 is 5.97 Å². The van der Waals surface area contributed by atoms with Crippen LogP contribution < -0.4 is 10.6 Å². The minimum absolute atomic E-state index is 0.127. The van der Waals surface area contributed by atoms with E-state index in [1.54, 1.807) is 7.05 Å². The molecule has 0 aliphatic heterocycles. The normalized spacial score (nSPS) is 10.3. The van der Waals surface area contributed by atoms with Crippen molar-refractivity contribution in [1.82, 2.24) is 10.6 Å². The molecule has 134 valence electrons. The number of carboxylic acids is 1. The van der Waals surface area contributed by atoms with E-state index in [1.165, 1.54) is 32.1 Å². The lowest BCUT2D eigenvalue weighted by atomic mass is 10.0. The van der Waals surface area contributed by atoms with Crippen molar-refractivity contribution in [1.29, 1.82) is 0 Å². The third-order valence-electron chi connectivity index (χ3n) is 3.77. The zero-order valence-electron chi connectivity index (χ0n) is 14.4. The first kappa shape index (κ1) is 21.4. The number of carbonyl (C=O) groups is 3. The van der Waals surface area contributed by atoms with Crippen molar-refractivity contribution in [3.05, 3.63) is 0 Å². The predicted molar refractivity (Wildman–Crippen MR) is 90.1 cm³/mol. The summed E-state index contributed by atoms with van der Waals surface area (Å²) in [6.07, 6.45) is 12.2. The Morgan fingerprint density at radius 3 is 1.48 bits per heavy atom. The maximum atomic E-state index is 11.3. The summed E-state index contributed by atoms with van der Waals surface area (Å²) in [5.41, 5.74) is 0. The molecule has 0 saturated carbocycles. The van der Waals surface area contributed by atoms with E-state index in [1.807, 2.05) is 0 Å². The number of hydrogen-bond acceptors (Lipinski definition) is 3. The van der Waals surface area contributed by atoms with E-state index in [0.29, 0.717) is 12.8 Å². The quantitative estimate of drug-likeness (QED) is 0.403. The molecule has 0 unspecified atom stereocenters. The van der Waals surface area contributed by atoms with Gasteiger partial charge in [-0.25, -0.2) is 0 Å². The van der Waals surface area contributed by atoms with E-state index in [2.05, 4.69) is 10.6 Å². The van der Waals surface area contributed by atoms with Crippen molar-refractivity contribution in [3.8, 4) is 0 Å². The standard InChI is InChI=1S/C17H32N2O4/c1-18-15(20)12-10-8-6-4-2-3-5-7-9-11-13-16(21)19-14-17(22)23/h2-14H2,1H3,(H,18,20)(H,19,21)(H,22,23). The van der Waals surface area contributed by atoms with Gasteiger partial charge in [0.1, 0.15) is 6.54 Å². The molecule has 0 bridgehead atoms. The van der Waals surface area contributed by atoms with Crippen LogP contribution in [0.25, 0.3) is 0 Å². The Labute approximate surface area is 139 Å². The van der Waals surface area contributed by atoms with Crippen LogP contribution in [0.1, 0.15) is 77.0 Å². The van der Waals surface area contributed by atoms with Crippen LogP contribution in [0.15, 0.2) is 0 Å². The number of nitrogens with one attached hydrogen (secondary N) is 2. The van der Waals surface area contributed by atoms with Crippen LogP contribution in [0.5, 0.6) is 0 Å². The topological polar surface area (TPSA) is 95.5 Å². The van der Waals surface area contributed by atoms with Crippen molar-refractivity contribution in [2.45, 2.75) is 77.0 Å². The van der Waals surface area contributed by atoms with Gasteiger partial charge in [0.05, 0.1) is 0 Å². The summed E-state index contributed by atoms with van der Waals surface area (Å²) in [6, 6.07) is 0. The summed E-state index contributed by atoms with van der Waals surface area (Å²) < 4.78 is 0. The fourth-order valence-electron chi connectivity index (χ4n) is 2.37. The van der Waals surface area contributed by atoms with Crippen LogP contribution in [0.4, 0.5) is 0 Å². The number of hydrogen-bond donors (Lipinski definition) is 3. The number of rotatable bonds is 15. The summed E-state index contributed by atoms with van der Waals surface area (Å²) in [7, 11) is 1.67. The first-order valence-electron chi connectivity index (χ1n) is 8.75. The highest BCUT2D eigenvalue weighted by Gasteiger charge is 2.03. The molecule has 0 aromatic heterocycles. The summed E-state index contributed by atoms with van der Waals surface area (Å²) in [5.74, 6) is -1.06. The van der Waals surface area contributed by atoms with Gasteiger partial charge in [-0.3, -0.25) is 14.4 Å². The maximum Gasteiger partial charge on any atom is 0.322 e. The summed E-state index contributed by atoms with van der Waals surface area (Å²) in [5, 5.41) is 13.4. The van der Waals surface area contributed by atoms with Gasteiger partial charge in [-0.2, -0.15) is 0 Å². The Kier molecular flexibility index (Phi) is 14.3. The van der Waals surface area contributed by atoms with Gasteiger partial charge in [0.25, 0.3) is 0 Å². The van der Waals surface area contributed by atoms with Crippen LogP contribution >= 0.6 is 0 Å². The van der Waals surface area contributed by atoms with Crippen molar-refractivity contribution < 1.29 is 19.5 Å².